The molecule has 1 N–H and O–H groups in total. The highest BCUT2D eigenvalue weighted by Gasteiger charge is 2.57. The standard InChI is InChI=1S/C29H26N2O5S/c1-35-22-18-37-28-24(30-23(32)17-19-11-5-2-6-12-19)27(33)31(28)25(22)29(34)36-26(20-13-7-3-8-14-20)21-15-9-4-10-16-21/h2-16,18,24-26,28H,17H2,1H3,(H,30,32)/t24-,25?,28-/m1/s1. The number of esters is 1. The molecule has 5 rings (SSSR count). The number of amides is 2. The normalized spacial score (nSPS) is 20.4. The predicted octanol–water partition coefficient (Wildman–Crippen LogP) is 3.82. The number of carbonyl (C=O) groups excluding carboxylic acids is 3. The van der Waals surface area contributed by atoms with Gasteiger partial charge in [-0.25, -0.2) is 4.79 Å². The van der Waals surface area contributed by atoms with E-state index in [1.54, 1.807) is 5.41 Å². The molecule has 0 aliphatic carbocycles. The molecule has 1 fully saturated rings. The van der Waals surface area contributed by atoms with Crippen molar-refractivity contribution in [2.24, 2.45) is 0 Å². The van der Waals surface area contributed by atoms with Gasteiger partial charge in [0.15, 0.2) is 12.1 Å². The van der Waals surface area contributed by atoms with E-state index in [9.17, 15) is 14.4 Å². The molecule has 1 saturated heterocycles. The second-order valence-corrected chi connectivity index (χ2v) is 9.74. The molecule has 3 aromatic rings. The lowest BCUT2D eigenvalue weighted by molar-refractivity contribution is -0.167. The van der Waals surface area contributed by atoms with E-state index in [4.69, 9.17) is 9.47 Å². The topological polar surface area (TPSA) is 84.9 Å². The van der Waals surface area contributed by atoms with Crippen LogP contribution in [-0.2, 0) is 30.3 Å². The summed E-state index contributed by atoms with van der Waals surface area (Å²) in [6.07, 6.45) is -0.485. The molecule has 8 heteroatoms. The Morgan fingerprint density at radius 2 is 1.49 bits per heavy atom. The third-order valence-electron chi connectivity index (χ3n) is 6.37. The SMILES string of the molecule is COC1=CS[C@@H]2[C@H](NC(=O)Cc3ccccc3)C(=O)N2C1C(=O)OC(c1ccccc1)c1ccccc1. The van der Waals surface area contributed by atoms with Crippen molar-refractivity contribution in [3.05, 3.63) is 119 Å². The van der Waals surface area contributed by atoms with Crippen LogP contribution < -0.4 is 5.32 Å². The van der Waals surface area contributed by atoms with Crippen LogP contribution in [0, 0.1) is 0 Å². The number of hydrogen-bond donors (Lipinski definition) is 1. The number of carbonyl (C=O) groups is 3. The smallest absolute Gasteiger partial charge is 0.337 e. The van der Waals surface area contributed by atoms with Gasteiger partial charge in [0, 0.05) is 5.41 Å². The van der Waals surface area contributed by atoms with Gasteiger partial charge in [0.1, 0.15) is 17.2 Å². The summed E-state index contributed by atoms with van der Waals surface area (Å²) < 4.78 is 11.5. The Morgan fingerprint density at radius 1 is 0.919 bits per heavy atom. The number of fused-ring (bicyclic) bond motifs is 1. The van der Waals surface area contributed by atoms with Crippen LogP contribution in [0.25, 0.3) is 0 Å². The quantitative estimate of drug-likeness (QED) is 0.364. The van der Waals surface area contributed by atoms with E-state index in [0.29, 0.717) is 5.76 Å². The van der Waals surface area contributed by atoms with E-state index in [0.717, 1.165) is 16.7 Å². The fourth-order valence-electron chi connectivity index (χ4n) is 4.54. The van der Waals surface area contributed by atoms with Crippen molar-refractivity contribution in [1.82, 2.24) is 10.2 Å². The molecule has 0 aromatic heterocycles. The predicted molar refractivity (Wildman–Crippen MR) is 140 cm³/mol. The lowest BCUT2D eigenvalue weighted by Crippen LogP contribution is -2.74. The minimum Gasteiger partial charge on any atom is -0.498 e. The van der Waals surface area contributed by atoms with Crippen molar-refractivity contribution in [1.29, 1.82) is 0 Å². The largest absolute Gasteiger partial charge is 0.498 e. The lowest BCUT2D eigenvalue weighted by atomic mass is 9.99. The molecule has 0 radical (unpaired) electrons. The number of nitrogens with zero attached hydrogens (tertiary/aromatic N) is 1. The Kier molecular flexibility index (Phi) is 7.28. The number of rotatable bonds is 8. The van der Waals surface area contributed by atoms with E-state index in [1.165, 1.54) is 23.8 Å². The van der Waals surface area contributed by atoms with Crippen molar-refractivity contribution >= 4 is 29.5 Å². The van der Waals surface area contributed by atoms with Crippen molar-refractivity contribution in [2.75, 3.05) is 7.11 Å². The molecular weight excluding hydrogens is 488 g/mol. The van der Waals surface area contributed by atoms with Gasteiger partial charge in [0.25, 0.3) is 0 Å². The van der Waals surface area contributed by atoms with Crippen LogP contribution >= 0.6 is 11.8 Å². The first-order chi connectivity index (χ1) is 18.1. The van der Waals surface area contributed by atoms with Crippen LogP contribution in [0.15, 0.2) is 102 Å². The first-order valence-electron chi connectivity index (χ1n) is 11.9. The van der Waals surface area contributed by atoms with E-state index < -0.39 is 29.5 Å². The average Bonchev–Trinajstić information content (AvgIpc) is 2.95. The summed E-state index contributed by atoms with van der Waals surface area (Å²) in [5, 5.41) is 4.11. The molecular formula is C29H26N2O5S. The molecule has 2 amide bonds. The average molecular weight is 515 g/mol. The summed E-state index contributed by atoms with van der Waals surface area (Å²) in [5.41, 5.74) is 2.48. The lowest BCUT2D eigenvalue weighted by Gasteiger charge is -2.51. The van der Waals surface area contributed by atoms with Crippen molar-refractivity contribution < 1.29 is 23.9 Å². The Labute approximate surface area is 219 Å². The Hall–Kier alpha value is -4.04. The van der Waals surface area contributed by atoms with Gasteiger partial charge in [-0.05, 0) is 16.7 Å². The third-order valence-corrected chi connectivity index (χ3v) is 7.52. The monoisotopic (exact) mass is 514 g/mol. The van der Waals surface area contributed by atoms with E-state index in [-0.39, 0.29) is 18.2 Å². The number of ether oxygens (including phenoxy) is 2. The molecule has 37 heavy (non-hydrogen) atoms. The molecule has 7 nitrogen and oxygen atoms in total. The van der Waals surface area contributed by atoms with E-state index >= 15 is 0 Å². The summed E-state index contributed by atoms with van der Waals surface area (Å²) in [4.78, 5) is 40.8. The highest BCUT2D eigenvalue weighted by atomic mass is 32.2. The number of thioether (sulfide) groups is 1. The van der Waals surface area contributed by atoms with Crippen LogP contribution in [0.4, 0.5) is 0 Å². The highest BCUT2D eigenvalue weighted by molar-refractivity contribution is 8.02. The van der Waals surface area contributed by atoms with Gasteiger partial charge in [-0.15, -0.1) is 11.8 Å². The molecule has 2 aliphatic heterocycles. The zero-order chi connectivity index (χ0) is 25.8. The van der Waals surface area contributed by atoms with Gasteiger partial charge in [0.05, 0.1) is 13.5 Å². The second kappa shape index (κ2) is 10.9. The minimum absolute atomic E-state index is 0.169. The van der Waals surface area contributed by atoms with Crippen molar-refractivity contribution in [3.8, 4) is 0 Å². The Bertz CT molecular complexity index is 1260. The van der Waals surface area contributed by atoms with Crippen LogP contribution in [0.5, 0.6) is 0 Å². The first-order valence-corrected chi connectivity index (χ1v) is 12.9. The molecule has 2 heterocycles. The second-order valence-electron chi connectivity index (χ2n) is 8.74. The maximum absolute atomic E-state index is 13.6. The fraction of sp³-hybridized carbons (Fsp3) is 0.207. The maximum Gasteiger partial charge on any atom is 0.337 e. The summed E-state index contributed by atoms with van der Waals surface area (Å²) >= 11 is 1.33. The van der Waals surface area contributed by atoms with Crippen LogP contribution in [0.3, 0.4) is 0 Å². The molecule has 1 unspecified atom stereocenters. The van der Waals surface area contributed by atoms with Crippen LogP contribution in [0.1, 0.15) is 22.8 Å². The van der Waals surface area contributed by atoms with Gasteiger partial charge < -0.3 is 19.7 Å². The van der Waals surface area contributed by atoms with Crippen LogP contribution in [-0.4, -0.2) is 47.3 Å². The van der Waals surface area contributed by atoms with E-state index in [2.05, 4.69) is 5.32 Å². The number of nitrogens with one attached hydrogen (secondary N) is 1. The van der Waals surface area contributed by atoms with Gasteiger partial charge >= 0.3 is 5.97 Å². The summed E-state index contributed by atoms with van der Waals surface area (Å²) in [6.45, 7) is 0. The fourth-order valence-corrected chi connectivity index (χ4v) is 5.73. The number of β-lactam (4-membered cyclic amide) rings is 1. The van der Waals surface area contributed by atoms with Gasteiger partial charge in [-0.1, -0.05) is 91.0 Å². The van der Waals surface area contributed by atoms with Gasteiger partial charge in [-0.2, -0.15) is 0 Å². The number of methoxy groups -OCH3 is 1. The van der Waals surface area contributed by atoms with E-state index in [1.807, 2.05) is 91.0 Å². The first kappa shape index (κ1) is 24.6. The molecule has 0 spiro atoms. The van der Waals surface area contributed by atoms with Crippen molar-refractivity contribution in [3.63, 3.8) is 0 Å². The number of benzene rings is 3. The molecule has 3 atom stereocenters. The van der Waals surface area contributed by atoms with Gasteiger partial charge in [0.2, 0.25) is 11.8 Å². The Morgan fingerprint density at radius 3 is 2.05 bits per heavy atom. The third kappa shape index (κ3) is 5.11. The zero-order valence-corrected chi connectivity index (χ0v) is 21.0. The molecule has 0 saturated carbocycles. The zero-order valence-electron chi connectivity index (χ0n) is 20.2. The Balaban J connectivity index is 1.34. The molecule has 3 aromatic carbocycles. The minimum atomic E-state index is -1.04. The number of hydrogen-bond acceptors (Lipinski definition) is 6. The summed E-state index contributed by atoms with van der Waals surface area (Å²) in [7, 11) is 1.46. The summed E-state index contributed by atoms with van der Waals surface area (Å²) in [6, 6.07) is 26.5. The molecule has 188 valence electrons. The van der Waals surface area contributed by atoms with Gasteiger partial charge in [-0.3, -0.25) is 9.59 Å². The molecule has 2 aliphatic rings. The van der Waals surface area contributed by atoms with Crippen molar-refractivity contribution in [2.45, 2.75) is 30.0 Å². The molecule has 0 bridgehead atoms. The maximum atomic E-state index is 13.6. The summed E-state index contributed by atoms with van der Waals surface area (Å²) in [5.74, 6) is -0.870. The van der Waals surface area contributed by atoms with Crippen LogP contribution in [0.2, 0.25) is 0 Å². The highest BCUT2D eigenvalue weighted by Crippen LogP contribution is 2.41.